The zero-order valence-electron chi connectivity index (χ0n) is 21.0. The van der Waals surface area contributed by atoms with E-state index in [4.69, 9.17) is 4.74 Å². The first-order valence-corrected chi connectivity index (χ1v) is 14.3. The molecule has 2 amide bonds. The van der Waals surface area contributed by atoms with Crippen molar-refractivity contribution in [1.82, 2.24) is 24.1 Å². The summed E-state index contributed by atoms with van der Waals surface area (Å²) in [5.74, 6) is 0. The summed E-state index contributed by atoms with van der Waals surface area (Å²) in [5, 5.41) is 7.28. The second-order valence-corrected chi connectivity index (χ2v) is 11.8. The number of nitrogens with one attached hydrogen (secondary N) is 3. The molecule has 3 aliphatic rings. The molecule has 0 spiro atoms. The van der Waals surface area contributed by atoms with E-state index in [1.165, 1.54) is 11.1 Å². The Morgan fingerprint density at radius 1 is 1.17 bits per heavy atom. The molecule has 196 valence electrons. The molecule has 2 aromatic rings. The monoisotopic (exact) mass is 516 g/mol. The molecule has 10 nitrogen and oxygen atoms in total. The highest BCUT2D eigenvalue weighted by Gasteiger charge is 2.30. The molecule has 1 aliphatic heterocycles. The van der Waals surface area contributed by atoms with Gasteiger partial charge in [-0.1, -0.05) is 6.07 Å². The molecule has 5 rings (SSSR count). The van der Waals surface area contributed by atoms with Crippen molar-refractivity contribution >= 4 is 21.9 Å². The van der Waals surface area contributed by atoms with Gasteiger partial charge >= 0.3 is 16.2 Å². The molecular formula is C25H36N6O4S. The van der Waals surface area contributed by atoms with Gasteiger partial charge in [-0.05, 0) is 87.7 Å². The SMILES string of the molecule is CN(C)CCn1cc(C2CC(NS(=O)(=O)NC(=O)Nc3c4c(cc5c3CCC5)CCC4)CCO2)cn1. The number of nitrogens with zero attached hydrogens (tertiary/aromatic N) is 3. The number of aryl methyl sites for hydroxylation is 2. The Balaban J connectivity index is 1.19. The lowest BCUT2D eigenvalue weighted by Crippen LogP contribution is -2.48. The number of hydrogen-bond acceptors (Lipinski definition) is 6. The topological polar surface area (TPSA) is 118 Å². The standard InChI is InChI=1S/C25H36N6O4S/c1-30(2)10-11-31-16-19(15-26-31)23-14-20(9-12-35-23)28-36(33,34)29-25(32)27-24-21-7-3-5-17(21)13-18-6-4-8-22(18)24/h13,15-16,20,23,28H,3-12,14H2,1-2H3,(H2,27,29,32). The highest BCUT2D eigenvalue weighted by atomic mass is 32.2. The van der Waals surface area contributed by atoms with Gasteiger partial charge in [0, 0.05) is 36.6 Å². The van der Waals surface area contributed by atoms with Gasteiger partial charge in [-0.2, -0.15) is 18.2 Å². The number of urea groups is 1. The van der Waals surface area contributed by atoms with Crippen LogP contribution in [0.2, 0.25) is 0 Å². The summed E-state index contributed by atoms with van der Waals surface area (Å²) in [7, 11) is -0.0162. The van der Waals surface area contributed by atoms with Crippen LogP contribution in [0.25, 0.3) is 0 Å². The van der Waals surface area contributed by atoms with Crippen LogP contribution in [0.4, 0.5) is 10.5 Å². The molecule has 0 radical (unpaired) electrons. The van der Waals surface area contributed by atoms with Gasteiger partial charge in [0.1, 0.15) is 0 Å². The third-order valence-corrected chi connectivity index (χ3v) is 8.44. The average molecular weight is 517 g/mol. The van der Waals surface area contributed by atoms with Crippen LogP contribution in [0.5, 0.6) is 0 Å². The van der Waals surface area contributed by atoms with Gasteiger partial charge in [0.2, 0.25) is 0 Å². The lowest BCUT2D eigenvalue weighted by atomic mass is 9.99. The third-order valence-electron chi connectivity index (χ3n) is 7.35. The Bertz CT molecular complexity index is 1190. The number of fused-ring (bicyclic) bond motifs is 2. The quantitative estimate of drug-likeness (QED) is 0.496. The number of benzene rings is 1. The fourth-order valence-electron chi connectivity index (χ4n) is 5.58. The van der Waals surface area contributed by atoms with E-state index >= 15 is 0 Å². The highest BCUT2D eigenvalue weighted by molar-refractivity contribution is 7.88. The van der Waals surface area contributed by atoms with E-state index in [2.05, 4.69) is 30.8 Å². The maximum Gasteiger partial charge on any atom is 0.333 e. The number of amides is 2. The molecule has 2 atom stereocenters. The first-order valence-electron chi connectivity index (χ1n) is 12.8. The number of ether oxygens (including phenoxy) is 1. The molecule has 2 aliphatic carbocycles. The van der Waals surface area contributed by atoms with Crippen molar-refractivity contribution in [2.45, 2.75) is 70.1 Å². The van der Waals surface area contributed by atoms with Crippen molar-refractivity contribution in [2.24, 2.45) is 0 Å². The molecule has 11 heteroatoms. The van der Waals surface area contributed by atoms with Crippen LogP contribution in [-0.2, 0) is 47.2 Å². The van der Waals surface area contributed by atoms with E-state index in [1.54, 1.807) is 6.20 Å². The summed E-state index contributed by atoms with van der Waals surface area (Å²) >= 11 is 0. The first kappa shape index (κ1) is 25.2. The third kappa shape index (κ3) is 5.74. The summed E-state index contributed by atoms with van der Waals surface area (Å²) in [6, 6.07) is 1.21. The maximum atomic E-state index is 12.8. The average Bonchev–Trinajstić information content (AvgIpc) is 3.57. The Morgan fingerprint density at radius 2 is 1.89 bits per heavy atom. The summed E-state index contributed by atoms with van der Waals surface area (Å²) in [4.78, 5) is 14.9. The molecule has 1 saturated heterocycles. The molecule has 36 heavy (non-hydrogen) atoms. The molecule has 0 saturated carbocycles. The van der Waals surface area contributed by atoms with Crippen LogP contribution in [0, 0.1) is 0 Å². The van der Waals surface area contributed by atoms with Crippen LogP contribution < -0.4 is 14.8 Å². The second-order valence-electron chi connectivity index (χ2n) is 10.3. The van der Waals surface area contributed by atoms with Gasteiger partial charge in [0.25, 0.3) is 0 Å². The normalized spacial score (nSPS) is 21.4. The van der Waals surface area contributed by atoms with Crippen molar-refractivity contribution in [3.63, 3.8) is 0 Å². The second kappa shape index (κ2) is 10.5. The van der Waals surface area contributed by atoms with Crippen LogP contribution in [0.15, 0.2) is 18.5 Å². The lowest BCUT2D eigenvalue weighted by molar-refractivity contribution is 0.00396. The largest absolute Gasteiger partial charge is 0.373 e. The number of likely N-dealkylation sites (N-methyl/N-ethyl adjacent to an activating group) is 1. The Hall–Kier alpha value is -2.47. The van der Waals surface area contributed by atoms with E-state index in [0.717, 1.165) is 74.0 Å². The van der Waals surface area contributed by atoms with Gasteiger partial charge in [-0.15, -0.1) is 0 Å². The minimum atomic E-state index is -4.04. The molecule has 0 bridgehead atoms. The summed E-state index contributed by atoms with van der Waals surface area (Å²) in [5.41, 5.74) is 6.64. The predicted molar refractivity (Wildman–Crippen MR) is 137 cm³/mol. The minimum absolute atomic E-state index is 0.247. The van der Waals surface area contributed by atoms with Crippen LogP contribution >= 0.6 is 0 Å². The number of aromatic nitrogens is 2. The van der Waals surface area contributed by atoms with E-state index < -0.39 is 16.2 Å². The zero-order valence-corrected chi connectivity index (χ0v) is 21.9. The summed E-state index contributed by atoms with van der Waals surface area (Å²) in [6.45, 7) is 2.06. The number of carbonyl (C=O) groups is 1. The van der Waals surface area contributed by atoms with Crippen LogP contribution in [0.3, 0.4) is 0 Å². The Morgan fingerprint density at radius 3 is 2.58 bits per heavy atom. The van der Waals surface area contributed by atoms with Gasteiger partial charge in [-0.3, -0.25) is 4.68 Å². The first-order chi connectivity index (χ1) is 17.3. The van der Waals surface area contributed by atoms with Gasteiger partial charge in [-0.25, -0.2) is 9.52 Å². The Kier molecular flexibility index (Phi) is 7.34. The smallest absolute Gasteiger partial charge is 0.333 e. The maximum absolute atomic E-state index is 12.8. The molecule has 2 unspecified atom stereocenters. The predicted octanol–water partition coefficient (Wildman–Crippen LogP) is 2.30. The zero-order chi connectivity index (χ0) is 25.3. The van der Waals surface area contributed by atoms with Gasteiger partial charge < -0.3 is 15.0 Å². The van der Waals surface area contributed by atoms with Crippen molar-refractivity contribution < 1.29 is 17.9 Å². The van der Waals surface area contributed by atoms with Crippen molar-refractivity contribution in [1.29, 1.82) is 0 Å². The minimum Gasteiger partial charge on any atom is -0.373 e. The molecular weight excluding hydrogens is 480 g/mol. The molecule has 2 heterocycles. The highest BCUT2D eigenvalue weighted by Crippen LogP contribution is 2.38. The van der Waals surface area contributed by atoms with Crippen LogP contribution in [-0.4, -0.2) is 62.4 Å². The van der Waals surface area contributed by atoms with E-state index in [-0.39, 0.29) is 12.1 Å². The molecule has 1 aromatic carbocycles. The molecule has 1 aromatic heterocycles. The van der Waals surface area contributed by atoms with E-state index in [0.29, 0.717) is 19.4 Å². The molecule has 1 fully saturated rings. The van der Waals surface area contributed by atoms with E-state index in [1.807, 2.05) is 25.0 Å². The van der Waals surface area contributed by atoms with Crippen LogP contribution in [0.1, 0.15) is 59.6 Å². The number of rotatable bonds is 8. The summed E-state index contributed by atoms with van der Waals surface area (Å²) in [6.07, 6.45) is 10.5. The van der Waals surface area contributed by atoms with Crippen molar-refractivity contribution in [2.75, 3.05) is 32.6 Å². The number of hydrogen-bond donors (Lipinski definition) is 3. The molecule has 3 N–H and O–H groups in total. The van der Waals surface area contributed by atoms with Crippen molar-refractivity contribution in [3.05, 3.63) is 46.3 Å². The Labute approximate surface area is 212 Å². The fourth-order valence-corrected chi connectivity index (χ4v) is 6.59. The number of anilines is 1. The van der Waals surface area contributed by atoms with Gasteiger partial charge in [0.15, 0.2) is 0 Å². The van der Waals surface area contributed by atoms with Gasteiger partial charge in [0.05, 0.1) is 18.8 Å². The van der Waals surface area contributed by atoms with E-state index in [9.17, 15) is 13.2 Å². The summed E-state index contributed by atoms with van der Waals surface area (Å²) < 4.78 is 38.2. The van der Waals surface area contributed by atoms with Crippen molar-refractivity contribution in [3.8, 4) is 0 Å². The fraction of sp³-hybridized carbons (Fsp3) is 0.600. The lowest BCUT2D eigenvalue weighted by Gasteiger charge is -2.29. The number of carbonyl (C=O) groups excluding carboxylic acids is 1.